The zero-order valence-electron chi connectivity index (χ0n) is 15.4. The second-order valence-electron chi connectivity index (χ2n) is 7.39. The van der Waals surface area contributed by atoms with Gasteiger partial charge in [-0.15, -0.1) is 0 Å². The molecular weight excluding hydrogens is 315 g/mol. The normalized spacial score (nSPS) is 12.8. The standard InChI is InChI=1S/C19H27BN2O3/c1-19(2,3)25-18(23)12-14(22-20(4)24)11-13-7-5-9-16-15(13)8-6-10-17(16)21/h5-10,14,22,24H,11-12,21H2,1-4H3/t14-/m0/s1. The molecule has 0 amide bonds. The molecule has 2 aromatic carbocycles. The summed E-state index contributed by atoms with van der Waals surface area (Å²) in [7, 11) is -0.715. The highest BCUT2D eigenvalue weighted by Crippen LogP contribution is 2.25. The van der Waals surface area contributed by atoms with Crippen LogP contribution in [0.15, 0.2) is 36.4 Å². The van der Waals surface area contributed by atoms with Crippen molar-refractivity contribution >= 4 is 29.5 Å². The van der Waals surface area contributed by atoms with Gasteiger partial charge in [0, 0.05) is 17.1 Å². The topological polar surface area (TPSA) is 84.6 Å². The van der Waals surface area contributed by atoms with Crippen LogP contribution in [0.3, 0.4) is 0 Å². The average molecular weight is 342 g/mol. The van der Waals surface area contributed by atoms with E-state index in [1.54, 1.807) is 6.82 Å². The van der Waals surface area contributed by atoms with Crippen LogP contribution in [0.5, 0.6) is 0 Å². The molecule has 0 aliphatic carbocycles. The van der Waals surface area contributed by atoms with E-state index in [1.165, 1.54) is 0 Å². The van der Waals surface area contributed by atoms with Crippen molar-refractivity contribution in [1.29, 1.82) is 0 Å². The first-order chi connectivity index (χ1) is 11.7. The smallest absolute Gasteiger partial charge is 0.373 e. The molecule has 0 fully saturated rings. The Hall–Kier alpha value is -2.05. The van der Waals surface area contributed by atoms with E-state index in [9.17, 15) is 9.82 Å². The Morgan fingerprint density at radius 2 is 1.88 bits per heavy atom. The van der Waals surface area contributed by atoms with Crippen molar-refractivity contribution in [3.05, 3.63) is 42.0 Å². The molecule has 5 nitrogen and oxygen atoms in total. The zero-order valence-corrected chi connectivity index (χ0v) is 15.4. The fourth-order valence-corrected chi connectivity index (χ4v) is 2.96. The predicted molar refractivity (Wildman–Crippen MR) is 103 cm³/mol. The van der Waals surface area contributed by atoms with Crippen LogP contribution in [0.25, 0.3) is 10.8 Å². The number of nitrogens with two attached hydrogens (primary N) is 1. The minimum absolute atomic E-state index is 0.181. The van der Waals surface area contributed by atoms with Crippen LogP contribution in [0.2, 0.25) is 6.82 Å². The first kappa shape index (κ1) is 19.3. The van der Waals surface area contributed by atoms with E-state index in [-0.39, 0.29) is 18.4 Å². The van der Waals surface area contributed by atoms with Crippen LogP contribution < -0.4 is 11.0 Å². The van der Waals surface area contributed by atoms with Gasteiger partial charge in [-0.05, 0) is 51.0 Å². The van der Waals surface area contributed by atoms with Crippen molar-refractivity contribution in [2.75, 3.05) is 5.73 Å². The van der Waals surface area contributed by atoms with Crippen molar-refractivity contribution in [3.63, 3.8) is 0 Å². The number of carbonyl (C=O) groups excluding carboxylic acids is 1. The number of nitrogens with one attached hydrogen (secondary N) is 1. The van der Waals surface area contributed by atoms with Crippen LogP contribution in [-0.4, -0.2) is 29.7 Å². The van der Waals surface area contributed by atoms with E-state index in [0.29, 0.717) is 6.42 Å². The van der Waals surface area contributed by atoms with Gasteiger partial charge in [-0.25, -0.2) is 0 Å². The number of ether oxygens (including phenoxy) is 1. The number of hydrogen-bond donors (Lipinski definition) is 3. The van der Waals surface area contributed by atoms with Crippen LogP contribution in [0.1, 0.15) is 32.8 Å². The number of carbonyl (C=O) groups is 1. The predicted octanol–water partition coefficient (Wildman–Crippen LogP) is 2.76. The lowest BCUT2D eigenvalue weighted by Gasteiger charge is -2.24. The molecule has 0 spiro atoms. The summed E-state index contributed by atoms with van der Waals surface area (Å²) >= 11 is 0. The molecule has 134 valence electrons. The average Bonchev–Trinajstić information content (AvgIpc) is 2.45. The monoisotopic (exact) mass is 342 g/mol. The number of nitrogen functional groups attached to an aromatic ring is 1. The Labute approximate surface area is 149 Å². The summed E-state index contributed by atoms with van der Waals surface area (Å²) in [6.07, 6.45) is 0.770. The van der Waals surface area contributed by atoms with Gasteiger partial charge in [0.15, 0.2) is 0 Å². The first-order valence-corrected chi connectivity index (χ1v) is 8.58. The number of benzene rings is 2. The van der Waals surface area contributed by atoms with E-state index in [1.807, 2.05) is 57.2 Å². The molecule has 2 aromatic rings. The Morgan fingerprint density at radius 1 is 1.24 bits per heavy atom. The fraction of sp³-hybridized carbons (Fsp3) is 0.421. The Kier molecular flexibility index (Phi) is 6.09. The number of hydrogen-bond acceptors (Lipinski definition) is 5. The molecule has 0 unspecified atom stereocenters. The molecule has 25 heavy (non-hydrogen) atoms. The van der Waals surface area contributed by atoms with Crippen LogP contribution in [-0.2, 0) is 16.0 Å². The van der Waals surface area contributed by atoms with E-state index in [2.05, 4.69) is 5.23 Å². The molecule has 0 bridgehead atoms. The molecule has 6 heteroatoms. The SMILES string of the molecule is CB(O)N[C@H](CC(=O)OC(C)(C)C)Cc1cccc2c(N)cccc12. The third kappa shape index (κ3) is 5.76. The molecular formula is C19H27BN2O3. The maximum absolute atomic E-state index is 12.2. The van der Waals surface area contributed by atoms with Gasteiger partial charge in [-0.1, -0.05) is 30.3 Å². The second kappa shape index (κ2) is 7.89. The number of fused-ring (bicyclic) bond motifs is 1. The van der Waals surface area contributed by atoms with E-state index in [4.69, 9.17) is 10.5 Å². The summed E-state index contributed by atoms with van der Waals surface area (Å²) < 4.78 is 5.41. The van der Waals surface area contributed by atoms with Gasteiger partial charge >= 0.3 is 13.0 Å². The maximum atomic E-state index is 12.2. The number of rotatable bonds is 6. The molecule has 0 aromatic heterocycles. The Bertz CT molecular complexity index is 741. The highest BCUT2D eigenvalue weighted by Gasteiger charge is 2.23. The van der Waals surface area contributed by atoms with Crippen LogP contribution >= 0.6 is 0 Å². The first-order valence-electron chi connectivity index (χ1n) is 8.58. The minimum atomic E-state index is -0.715. The quantitative estimate of drug-likeness (QED) is 0.427. The summed E-state index contributed by atoms with van der Waals surface area (Å²) in [6, 6.07) is 11.5. The van der Waals surface area contributed by atoms with Crippen molar-refractivity contribution in [3.8, 4) is 0 Å². The minimum Gasteiger partial charge on any atom is -0.460 e. The van der Waals surface area contributed by atoms with Gasteiger partial charge in [-0.2, -0.15) is 0 Å². The molecule has 0 saturated carbocycles. The summed E-state index contributed by atoms with van der Waals surface area (Å²) in [5.74, 6) is -0.287. The lowest BCUT2D eigenvalue weighted by atomic mass is 9.85. The van der Waals surface area contributed by atoms with Crippen molar-refractivity contribution in [2.45, 2.75) is 52.1 Å². The maximum Gasteiger partial charge on any atom is 0.373 e. The van der Waals surface area contributed by atoms with Crippen molar-refractivity contribution < 1.29 is 14.6 Å². The molecule has 1 atom stereocenters. The summed E-state index contributed by atoms with van der Waals surface area (Å²) in [4.78, 5) is 12.2. The van der Waals surface area contributed by atoms with E-state index in [0.717, 1.165) is 22.0 Å². The summed E-state index contributed by atoms with van der Waals surface area (Å²) in [5.41, 5.74) is 7.33. The largest absolute Gasteiger partial charge is 0.460 e. The highest BCUT2D eigenvalue weighted by molar-refractivity contribution is 6.45. The van der Waals surface area contributed by atoms with Gasteiger partial charge in [0.25, 0.3) is 0 Å². The molecule has 2 rings (SSSR count). The Balaban J connectivity index is 2.22. The second-order valence-corrected chi connectivity index (χ2v) is 7.39. The Morgan fingerprint density at radius 3 is 2.52 bits per heavy atom. The van der Waals surface area contributed by atoms with Gasteiger partial charge < -0.3 is 20.7 Å². The van der Waals surface area contributed by atoms with Crippen molar-refractivity contribution in [2.24, 2.45) is 0 Å². The van der Waals surface area contributed by atoms with Gasteiger partial charge in [0.05, 0.1) is 6.42 Å². The van der Waals surface area contributed by atoms with Crippen LogP contribution in [0, 0.1) is 0 Å². The summed E-state index contributed by atoms with van der Waals surface area (Å²) in [6.45, 7) is 7.17. The van der Waals surface area contributed by atoms with E-state index >= 15 is 0 Å². The van der Waals surface area contributed by atoms with Crippen molar-refractivity contribution in [1.82, 2.24) is 5.23 Å². The lowest BCUT2D eigenvalue weighted by molar-refractivity contribution is -0.155. The van der Waals surface area contributed by atoms with Gasteiger partial charge in [0.2, 0.25) is 0 Å². The third-order valence-corrected chi connectivity index (χ3v) is 3.82. The highest BCUT2D eigenvalue weighted by atomic mass is 16.6. The van der Waals surface area contributed by atoms with Gasteiger partial charge in [-0.3, -0.25) is 4.79 Å². The molecule has 4 N–H and O–H groups in total. The third-order valence-electron chi connectivity index (χ3n) is 3.82. The number of anilines is 1. The lowest BCUT2D eigenvalue weighted by Crippen LogP contribution is -2.43. The molecule has 0 saturated heterocycles. The number of esters is 1. The van der Waals surface area contributed by atoms with Crippen LogP contribution in [0.4, 0.5) is 5.69 Å². The van der Waals surface area contributed by atoms with E-state index < -0.39 is 12.7 Å². The molecule has 0 radical (unpaired) electrons. The molecule has 0 aliphatic rings. The molecule has 0 heterocycles. The fourth-order valence-electron chi connectivity index (χ4n) is 2.96. The zero-order chi connectivity index (χ0) is 18.6. The summed E-state index contributed by atoms with van der Waals surface area (Å²) in [5, 5.41) is 14.8. The molecule has 0 aliphatic heterocycles. The van der Waals surface area contributed by atoms with Gasteiger partial charge in [0.1, 0.15) is 5.60 Å².